The van der Waals surface area contributed by atoms with Crippen molar-refractivity contribution in [3.05, 3.63) is 24.3 Å². The van der Waals surface area contributed by atoms with Crippen LogP contribution in [0, 0.1) is 5.92 Å². The van der Waals surface area contributed by atoms with Crippen molar-refractivity contribution in [3.8, 4) is 0 Å². The lowest BCUT2D eigenvalue weighted by molar-refractivity contribution is -0.136. The molecule has 1 aromatic rings. The molecule has 1 atom stereocenters. The van der Waals surface area contributed by atoms with Crippen LogP contribution in [0.25, 0.3) is 0 Å². The normalized spacial score (nSPS) is 18.0. The van der Waals surface area contributed by atoms with Gasteiger partial charge in [-0.25, -0.2) is 0 Å². The maximum absolute atomic E-state index is 12.1. The molecule has 1 fully saturated rings. The lowest BCUT2D eigenvalue weighted by Gasteiger charge is -2.30. The van der Waals surface area contributed by atoms with Gasteiger partial charge in [0.1, 0.15) is 6.42 Å². The molecule has 0 aliphatic carbocycles. The number of rotatable bonds is 4. The summed E-state index contributed by atoms with van der Waals surface area (Å²) < 4.78 is 0. The SMILES string of the molecule is CC1CCCN(C(=O)CC(=O)Nc2ccc(N(C)C)cc2)C1. The van der Waals surface area contributed by atoms with E-state index in [0.29, 0.717) is 5.92 Å². The second-order valence-corrected chi connectivity index (χ2v) is 6.25. The zero-order valence-electron chi connectivity index (χ0n) is 13.6. The van der Waals surface area contributed by atoms with Gasteiger partial charge in [0, 0.05) is 38.6 Å². The molecule has 22 heavy (non-hydrogen) atoms. The zero-order valence-corrected chi connectivity index (χ0v) is 13.6. The average Bonchev–Trinajstić information content (AvgIpc) is 2.47. The van der Waals surface area contributed by atoms with Crippen LogP contribution in [0.4, 0.5) is 11.4 Å². The molecule has 1 heterocycles. The van der Waals surface area contributed by atoms with E-state index >= 15 is 0 Å². The number of likely N-dealkylation sites (tertiary alicyclic amines) is 1. The van der Waals surface area contributed by atoms with E-state index in [1.54, 1.807) is 0 Å². The van der Waals surface area contributed by atoms with E-state index in [4.69, 9.17) is 0 Å². The second kappa shape index (κ2) is 7.29. The largest absolute Gasteiger partial charge is 0.378 e. The van der Waals surface area contributed by atoms with Gasteiger partial charge in [0.15, 0.2) is 0 Å². The van der Waals surface area contributed by atoms with Gasteiger partial charge in [0.25, 0.3) is 0 Å². The lowest BCUT2D eigenvalue weighted by atomic mass is 10.00. The van der Waals surface area contributed by atoms with Gasteiger partial charge in [-0.15, -0.1) is 0 Å². The molecule has 1 aliphatic rings. The summed E-state index contributed by atoms with van der Waals surface area (Å²) in [6, 6.07) is 7.56. The fourth-order valence-corrected chi connectivity index (χ4v) is 2.71. The number of hydrogen-bond donors (Lipinski definition) is 1. The summed E-state index contributed by atoms with van der Waals surface area (Å²) in [5, 5.41) is 2.78. The molecular formula is C17H25N3O2. The molecule has 1 N–H and O–H groups in total. The highest BCUT2D eigenvalue weighted by atomic mass is 16.2. The molecule has 0 aromatic heterocycles. The van der Waals surface area contributed by atoms with E-state index < -0.39 is 0 Å². The summed E-state index contributed by atoms with van der Waals surface area (Å²) in [7, 11) is 3.93. The minimum absolute atomic E-state index is 0.0750. The van der Waals surface area contributed by atoms with Crippen LogP contribution < -0.4 is 10.2 Å². The topological polar surface area (TPSA) is 52.7 Å². The van der Waals surface area contributed by atoms with E-state index in [2.05, 4.69) is 12.2 Å². The van der Waals surface area contributed by atoms with Crippen LogP contribution in [0.15, 0.2) is 24.3 Å². The standard InChI is InChI=1S/C17H25N3O2/c1-13-5-4-10-20(12-13)17(22)11-16(21)18-14-6-8-15(9-7-14)19(2)3/h6-9,13H,4-5,10-12H2,1-3H3,(H,18,21). The molecule has 0 radical (unpaired) electrons. The Morgan fingerprint density at radius 3 is 2.55 bits per heavy atom. The lowest BCUT2D eigenvalue weighted by Crippen LogP contribution is -2.40. The number of benzene rings is 1. The Morgan fingerprint density at radius 2 is 1.95 bits per heavy atom. The Hall–Kier alpha value is -2.04. The van der Waals surface area contributed by atoms with E-state index in [0.717, 1.165) is 37.3 Å². The summed E-state index contributed by atoms with van der Waals surface area (Å²) >= 11 is 0. The Balaban J connectivity index is 1.85. The molecule has 5 nitrogen and oxygen atoms in total. The Bertz CT molecular complexity index is 525. The Kier molecular flexibility index (Phi) is 5.41. The minimum atomic E-state index is -0.249. The van der Waals surface area contributed by atoms with Crippen molar-refractivity contribution in [3.63, 3.8) is 0 Å². The highest BCUT2D eigenvalue weighted by Crippen LogP contribution is 2.18. The summed E-state index contributed by atoms with van der Waals surface area (Å²) in [6.07, 6.45) is 2.11. The zero-order chi connectivity index (χ0) is 16.1. The molecule has 1 saturated heterocycles. The molecule has 120 valence electrons. The number of amides is 2. The van der Waals surface area contributed by atoms with Crippen LogP contribution in [0.3, 0.4) is 0 Å². The fraction of sp³-hybridized carbons (Fsp3) is 0.529. The van der Waals surface area contributed by atoms with Crippen LogP contribution in [-0.4, -0.2) is 43.9 Å². The fourth-order valence-electron chi connectivity index (χ4n) is 2.71. The molecule has 0 saturated carbocycles. The third kappa shape index (κ3) is 4.48. The van der Waals surface area contributed by atoms with Crippen molar-refractivity contribution in [2.24, 2.45) is 5.92 Å². The van der Waals surface area contributed by atoms with E-state index in [1.807, 2.05) is 48.2 Å². The molecule has 2 amide bonds. The van der Waals surface area contributed by atoms with E-state index in [-0.39, 0.29) is 18.2 Å². The van der Waals surface area contributed by atoms with Crippen molar-refractivity contribution < 1.29 is 9.59 Å². The third-order valence-corrected chi connectivity index (χ3v) is 3.99. The molecule has 0 spiro atoms. The summed E-state index contributed by atoms with van der Waals surface area (Å²) in [5.41, 5.74) is 1.78. The quantitative estimate of drug-likeness (QED) is 0.869. The van der Waals surface area contributed by atoms with E-state index in [1.165, 1.54) is 0 Å². The first kappa shape index (κ1) is 16.3. The maximum Gasteiger partial charge on any atom is 0.233 e. The van der Waals surface area contributed by atoms with Crippen LogP contribution in [0.2, 0.25) is 0 Å². The van der Waals surface area contributed by atoms with Crippen molar-refractivity contribution in [2.45, 2.75) is 26.2 Å². The van der Waals surface area contributed by atoms with Crippen molar-refractivity contribution >= 4 is 23.2 Å². The minimum Gasteiger partial charge on any atom is -0.378 e. The molecule has 1 aromatic carbocycles. The predicted molar refractivity (Wildman–Crippen MR) is 89.0 cm³/mol. The summed E-state index contributed by atoms with van der Waals surface area (Å²) in [6.45, 7) is 3.68. The monoisotopic (exact) mass is 303 g/mol. The second-order valence-electron chi connectivity index (χ2n) is 6.25. The third-order valence-electron chi connectivity index (χ3n) is 3.99. The van der Waals surface area contributed by atoms with Gasteiger partial charge in [-0.3, -0.25) is 9.59 Å². The van der Waals surface area contributed by atoms with Crippen LogP contribution in [0.5, 0.6) is 0 Å². The van der Waals surface area contributed by atoms with E-state index in [9.17, 15) is 9.59 Å². The number of nitrogens with one attached hydrogen (secondary N) is 1. The smallest absolute Gasteiger partial charge is 0.233 e. The molecule has 0 bridgehead atoms. The van der Waals surface area contributed by atoms with Crippen molar-refractivity contribution in [1.82, 2.24) is 4.90 Å². The number of anilines is 2. The van der Waals surface area contributed by atoms with Crippen LogP contribution >= 0.6 is 0 Å². The number of carbonyl (C=O) groups is 2. The molecule has 1 aliphatic heterocycles. The summed E-state index contributed by atoms with van der Waals surface area (Å²) in [4.78, 5) is 27.9. The molecular weight excluding hydrogens is 278 g/mol. The van der Waals surface area contributed by atoms with Gasteiger partial charge >= 0.3 is 0 Å². The van der Waals surface area contributed by atoms with Crippen LogP contribution in [0.1, 0.15) is 26.2 Å². The van der Waals surface area contributed by atoms with Gasteiger partial charge in [-0.2, -0.15) is 0 Å². The molecule has 1 unspecified atom stereocenters. The maximum atomic E-state index is 12.1. The van der Waals surface area contributed by atoms with Crippen molar-refractivity contribution in [2.75, 3.05) is 37.4 Å². The van der Waals surface area contributed by atoms with Crippen LogP contribution in [-0.2, 0) is 9.59 Å². The Labute approximate surface area is 132 Å². The number of hydrogen-bond acceptors (Lipinski definition) is 3. The van der Waals surface area contributed by atoms with Gasteiger partial charge in [0.05, 0.1) is 0 Å². The summed E-state index contributed by atoms with van der Waals surface area (Å²) in [5.74, 6) is 0.203. The average molecular weight is 303 g/mol. The molecule has 2 rings (SSSR count). The highest BCUT2D eigenvalue weighted by Gasteiger charge is 2.22. The van der Waals surface area contributed by atoms with Gasteiger partial charge in [0.2, 0.25) is 11.8 Å². The van der Waals surface area contributed by atoms with Gasteiger partial charge in [-0.05, 0) is 43.0 Å². The first-order valence-electron chi connectivity index (χ1n) is 7.80. The number of nitrogens with zero attached hydrogens (tertiary/aromatic N) is 2. The molecule has 5 heteroatoms. The predicted octanol–water partition coefficient (Wildman–Crippen LogP) is 2.34. The van der Waals surface area contributed by atoms with Gasteiger partial charge < -0.3 is 15.1 Å². The van der Waals surface area contributed by atoms with Gasteiger partial charge in [-0.1, -0.05) is 6.92 Å². The first-order valence-corrected chi connectivity index (χ1v) is 7.80. The highest BCUT2D eigenvalue weighted by molar-refractivity contribution is 6.03. The number of carbonyl (C=O) groups excluding carboxylic acids is 2. The Morgan fingerprint density at radius 1 is 1.27 bits per heavy atom. The van der Waals surface area contributed by atoms with Crippen molar-refractivity contribution in [1.29, 1.82) is 0 Å². The first-order chi connectivity index (χ1) is 10.5. The number of piperidine rings is 1.